The molecule has 2 aliphatic heterocycles. The van der Waals surface area contributed by atoms with E-state index in [4.69, 9.17) is 9.73 Å². The molecule has 2 fully saturated rings. The number of nitrogens with one attached hydrogen (secondary N) is 1. The molecule has 2 atom stereocenters. The largest absolute Gasteiger partial charge is 0.375 e. The van der Waals surface area contributed by atoms with Gasteiger partial charge in [-0.1, -0.05) is 18.6 Å². The molecular formula is C22H35FN4O. The maximum Gasteiger partial charge on any atom is 0.194 e. The lowest BCUT2D eigenvalue weighted by atomic mass is 10.1. The van der Waals surface area contributed by atoms with E-state index >= 15 is 0 Å². The molecule has 5 nitrogen and oxygen atoms in total. The van der Waals surface area contributed by atoms with Crippen LogP contribution in [0.4, 0.5) is 4.39 Å². The number of piperidine rings is 1. The average Bonchev–Trinajstić information content (AvgIpc) is 3.18. The molecule has 1 N–H and O–H groups in total. The Bertz CT molecular complexity index is 615. The minimum atomic E-state index is -0.229. The summed E-state index contributed by atoms with van der Waals surface area (Å²) in [6.45, 7) is 9.33. The molecule has 2 aliphatic rings. The molecule has 0 spiro atoms. The van der Waals surface area contributed by atoms with Crippen LogP contribution in [0, 0.1) is 11.7 Å². The normalized spacial score (nSPS) is 22.5. The number of methoxy groups -OCH3 is 1. The van der Waals surface area contributed by atoms with Gasteiger partial charge < -0.3 is 19.9 Å². The third-order valence-corrected chi connectivity index (χ3v) is 5.82. The number of guanidine groups is 1. The minimum Gasteiger partial charge on any atom is -0.375 e. The summed E-state index contributed by atoms with van der Waals surface area (Å²) in [5.41, 5.74) is 0.952. The van der Waals surface area contributed by atoms with Crippen molar-refractivity contribution in [2.75, 3.05) is 52.9 Å². The molecule has 2 heterocycles. The lowest BCUT2D eigenvalue weighted by molar-refractivity contribution is 0.110. The predicted octanol–water partition coefficient (Wildman–Crippen LogP) is 3.29. The molecule has 0 aromatic heterocycles. The van der Waals surface area contributed by atoms with Crippen molar-refractivity contribution in [3.8, 4) is 0 Å². The van der Waals surface area contributed by atoms with E-state index < -0.39 is 0 Å². The number of nitrogens with zero attached hydrogens (tertiary/aromatic N) is 3. The lowest BCUT2D eigenvalue weighted by Crippen LogP contribution is -2.41. The minimum absolute atomic E-state index is 0.166. The highest BCUT2D eigenvalue weighted by Crippen LogP contribution is 2.21. The molecule has 28 heavy (non-hydrogen) atoms. The molecule has 1 aromatic rings. The fourth-order valence-corrected chi connectivity index (χ4v) is 4.27. The molecule has 0 saturated carbocycles. The summed E-state index contributed by atoms with van der Waals surface area (Å²) < 4.78 is 18.8. The zero-order valence-electron chi connectivity index (χ0n) is 17.4. The van der Waals surface area contributed by atoms with Gasteiger partial charge in [0.05, 0.1) is 6.54 Å². The van der Waals surface area contributed by atoms with Crippen LogP contribution in [0.15, 0.2) is 29.3 Å². The van der Waals surface area contributed by atoms with Crippen LogP contribution in [-0.4, -0.2) is 68.7 Å². The van der Waals surface area contributed by atoms with Gasteiger partial charge in [0.25, 0.3) is 0 Å². The number of likely N-dealkylation sites (tertiary alicyclic amines) is 2. The summed E-state index contributed by atoms with van der Waals surface area (Å²) in [7, 11) is 1.68. The van der Waals surface area contributed by atoms with Crippen molar-refractivity contribution in [1.82, 2.24) is 15.1 Å². The Morgan fingerprint density at radius 2 is 1.96 bits per heavy atom. The van der Waals surface area contributed by atoms with Gasteiger partial charge in [0.15, 0.2) is 5.96 Å². The lowest BCUT2D eigenvalue weighted by Gasteiger charge is -2.29. The Labute approximate surface area is 169 Å². The van der Waals surface area contributed by atoms with Crippen LogP contribution < -0.4 is 5.32 Å². The first kappa shape index (κ1) is 21.1. The van der Waals surface area contributed by atoms with E-state index in [-0.39, 0.29) is 11.9 Å². The molecule has 1 aromatic carbocycles. The van der Waals surface area contributed by atoms with E-state index in [1.807, 2.05) is 0 Å². The summed E-state index contributed by atoms with van der Waals surface area (Å²) in [6.07, 6.45) is 5.15. The van der Waals surface area contributed by atoms with Gasteiger partial charge in [-0.2, -0.15) is 0 Å². The molecule has 0 radical (unpaired) electrons. The van der Waals surface area contributed by atoms with Gasteiger partial charge in [-0.25, -0.2) is 4.39 Å². The number of rotatable bonds is 7. The van der Waals surface area contributed by atoms with Gasteiger partial charge in [-0.15, -0.1) is 0 Å². The smallest absolute Gasteiger partial charge is 0.194 e. The highest BCUT2D eigenvalue weighted by atomic mass is 19.1. The zero-order valence-corrected chi connectivity index (χ0v) is 17.4. The van der Waals surface area contributed by atoms with Gasteiger partial charge >= 0.3 is 0 Å². The maximum atomic E-state index is 13.2. The summed E-state index contributed by atoms with van der Waals surface area (Å²) >= 11 is 0. The fourth-order valence-electron chi connectivity index (χ4n) is 4.27. The van der Waals surface area contributed by atoms with Gasteiger partial charge in [-0.05, 0) is 62.9 Å². The number of hydrogen-bond acceptors (Lipinski definition) is 3. The Balaban J connectivity index is 1.57. The first-order valence-electron chi connectivity index (χ1n) is 10.7. The molecule has 0 aliphatic carbocycles. The summed E-state index contributed by atoms with van der Waals surface area (Å²) in [4.78, 5) is 9.87. The van der Waals surface area contributed by atoms with Gasteiger partial charge in [0, 0.05) is 33.3 Å². The van der Waals surface area contributed by atoms with Crippen LogP contribution >= 0.6 is 0 Å². The van der Waals surface area contributed by atoms with Crippen molar-refractivity contribution >= 4 is 5.96 Å². The molecule has 2 unspecified atom stereocenters. The van der Waals surface area contributed by atoms with Crippen LogP contribution in [0.25, 0.3) is 0 Å². The highest BCUT2D eigenvalue weighted by molar-refractivity contribution is 5.80. The van der Waals surface area contributed by atoms with Crippen LogP contribution in [0.3, 0.4) is 0 Å². The maximum absolute atomic E-state index is 13.2. The Hall–Kier alpha value is -1.66. The number of benzene rings is 1. The third-order valence-electron chi connectivity index (χ3n) is 5.82. The van der Waals surface area contributed by atoms with Gasteiger partial charge in [0.1, 0.15) is 11.9 Å². The zero-order chi connectivity index (χ0) is 19.8. The standard InChI is InChI=1S/C22H35FN4O/c1-3-24-22(25-15-21(28-2)19-7-9-20(23)10-8-19)27-14-11-18(17-27)16-26-12-5-4-6-13-26/h7-10,18,21H,3-6,11-17H2,1-2H3,(H,24,25). The van der Waals surface area contributed by atoms with Crippen molar-refractivity contribution in [2.45, 2.75) is 38.7 Å². The van der Waals surface area contributed by atoms with Crippen LogP contribution in [0.1, 0.15) is 44.3 Å². The Morgan fingerprint density at radius 3 is 2.64 bits per heavy atom. The Morgan fingerprint density at radius 1 is 1.21 bits per heavy atom. The second-order valence-corrected chi connectivity index (χ2v) is 7.93. The van der Waals surface area contributed by atoms with Gasteiger partial charge in [-0.3, -0.25) is 4.99 Å². The third kappa shape index (κ3) is 5.92. The molecule has 0 amide bonds. The summed E-state index contributed by atoms with van der Waals surface area (Å²) in [6, 6.07) is 6.50. The second-order valence-electron chi connectivity index (χ2n) is 7.93. The molecule has 2 saturated heterocycles. The quantitative estimate of drug-likeness (QED) is 0.573. The molecule has 6 heteroatoms. The summed E-state index contributed by atoms with van der Waals surface area (Å²) in [5, 5.41) is 3.44. The van der Waals surface area contributed by atoms with E-state index in [2.05, 4.69) is 22.0 Å². The average molecular weight is 391 g/mol. The first-order chi connectivity index (χ1) is 13.7. The Kier molecular flexibility index (Phi) is 8.10. The van der Waals surface area contributed by atoms with E-state index in [9.17, 15) is 4.39 Å². The van der Waals surface area contributed by atoms with E-state index in [1.54, 1.807) is 19.2 Å². The second kappa shape index (κ2) is 10.8. The van der Waals surface area contributed by atoms with Crippen LogP contribution in [0.2, 0.25) is 0 Å². The van der Waals surface area contributed by atoms with Gasteiger partial charge in [0.2, 0.25) is 0 Å². The van der Waals surface area contributed by atoms with Crippen molar-refractivity contribution in [1.29, 1.82) is 0 Å². The molecule has 0 bridgehead atoms. The fraction of sp³-hybridized carbons (Fsp3) is 0.682. The van der Waals surface area contributed by atoms with Crippen LogP contribution in [-0.2, 0) is 4.74 Å². The van der Waals surface area contributed by atoms with Crippen molar-refractivity contribution in [3.63, 3.8) is 0 Å². The molecule has 156 valence electrons. The number of halogens is 1. The molecular weight excluding hydrogens is 355 g/mol. The van der Waals surface area contributed by atoms with Crippen LogP contribution in [0.5, 0.6) is 0 Å². The number of aliphatic imine (C=N–C) groups is 1. The monoisotopic (exact) mass is 390 g/mol. The SMILES string of the molecule is CCNC(=NCC(OC)c1ccc(F)cc1)N1CCC(CN2CCCCC2)C1. The van der Waals surface area contributed by atoms with Crippen molar-refractivity contribution in [2.24, 2.45) is 10.9 Å². The topological polar surface area (TPSA) is 40.1 Å². The highest BCUT2D eigenvalue weighted by Gasteiger charge is 2.27. The number of hydrogen-bond donors (Lipinski definition) is 1. The van der Waals surface area contributed by atoms with Crippen molar-refractivity contribution in [3.05, 3.63) is 35.6 Å². The van der Waals surface area contributed by atoms with E-state index in [0.717, 1.165) is 37.1 Å². The number of ether oxygens (including phenoxy) is 1. The first-order valence-corrected chi connectivity index (χ1v) is 10.7. The van der Waals surface area contributed by atoms with E-state index in [0.29, 0.717) is 6.54 Å². The molecule has 3 rings (SSSR count). The predicted molar refractivity (Wildman–Crippen MR) is 112 cm³/mol. The van der Waals surface area contributed by atoms with E-state index in [1.165, 1.54) is 57.5 Å². The summed E-state index contributed by atoms with van der Waals surface area (Å²) in [5.74, 6) is 1.46. The van der Waals surface area contributed by atoms with Crippen molar-refractivity contribution < 1.29 is 9.13 Å².